The van der Waals surface area contributed by atoms with Crippen LogP contribution >= 0.6 is 0 Å². The first-order valence-electron chi connectivity index (χ1n) is 6.39. The Kier molecular flexibility index (Phi) is 3.94. The Morgan fingerprint density at radius 1 is 1.25 bits per heavy atom. The maximum absolute atomic E-state index is 4.48. The summed E-state index contributed by atoms with van der Waals surface area (Å²) in [4.78, 5) is 4.48. The lowest BCUT2D eigenvalue weighted by molar-refractivity contribution is 0.235. The van der Waals surface area contributed by atoms with Gasteiger partial charge >= 0.3 is 0 Å². The van der Waals surface area contributed by atoms with Crippen molar-refractivity contribution in [2.24, 2.45) is 11.8 Å². The summed E-state index contributed by atoms with van der Waals surface area (Å²) in [7, 11) is 2.05. The number of nitrogens with zero attached hydrogens (tertiary/aromatic N) is 1. The van der Waals surface area contributed by atoms with Crippen molar-refractivity contribution in [1.29, 1.82) is 0 Å². The Bertz CT molecular complexity index is 302. The third kappa shape index (κ3) is 2.62. The Labute approximate surface area is 98.5 Å². The summed E-state index contributed by atoms with van der Waals surface area (Å²) in [6.07, 6.45) is 7.31. The van der Waals surface area contributed by atoms with E-state index in [2.05, 4.69) is 36.4 Å². The molecule has 88 valence electrons. The normalized spacial score (nSPS) is 27.6. The first-order valence-corrected chi connectivity index (χ1v) is 6.39. The first-order chi connectivity index (χ1) is 7.81. The Morgan fingerprint density at radius 3 is 2.56 bits per heavy atom. The molecule has 1 unspecified atom stereocenters. The van der Waals surface area contributed by atoms with Gasteiger partial charge in [-0.3, -0.25) is 4.98 Å². The Hall–Kier alpha value is -0.890. The van der Waals surface area contributed by atoms with E-state index in [0.29, 0.717) is 6.04 Å². The number of hydrogen-bond donors (Lipinski definition) is 1. The summed E-state index contributed by atoms with van der Waals surface area (Å²) in [6, 6.07) is 6.64. The van der Waals surface area contributed by atoms with Crippen LogP contribution in [0.4, 0.5) is 0 Å². The second-order valence-electron chi connectivity index (χ2n) is 5.04. The van der Waals surface area contributed by atoms with Crippen molar-refractivity contribution in [2.45, 2.75) is 38.6 Å². The zero-order chi connectivity index (χ0) is 11.4. The van der Waals surface area contributed by atoms with Crippen molar-refractivity contribution < 1.29 is 0 Å². The first kappa shape index (κ1) is 11.6. The predicted octanol–water partition coefficient (Wildman–Crippen LogP) is 3.17. The molecule has 2 heteroatoms. The van der Waals surface area contributed by atoms with E-state index in [9.17, 15) is 0 Å². The molecule has 1 fully saturated rings. The molecule has 0 amide bonds. The lowest BCUT2D eigenvalue weighted by atomic mass is 9.78. The number of rotatable bonds is 3. The molecule has 1 aromatic rings. The van der Waals surface area contributed by atoms with Crippen LogP contribution in [0, 0.1) is 11.8 Å². The SMILES string of the molecule is CNC(c1ccccn1)C1CCC(C)CC1. The van der Waals surface area contributed by atoms with Crippen LogP contribution in [0.3, 0.4) is 0 Å². The molecular formula is C14H22N2. The number of nitrogens with one attached hydrogen (secondary N) is 1. The molecule has 1 aliphatic carbocycles. The lowest BCUT2D eigenvalue weighted by Crippen LogP contribution is -2.29. The molecule has 0 radical (unpaired) electrons. The highest BCUT2D eigenvalue weighted by molar-refractivity contribution is 5.10. The van der Waals surface area contributed by atoms with Gasteiger partial charge in [-0.05, 0) is 43.9 Å². The zero-order valence-electron chi connectivity index (χ0n) is 10.3. The molecule has 1 atom stereocenters. The molecule has 1 heterocycles. The fourth-order valence-corrected chi connectivity index (χ4v) is 2.80. The summed E-state index contributed by atoms with van der Waals surface area (Å²) < 4.78 is 0. The molecule has 1 saturated carbocycles. The number of hydrogen-bond acceptors (Lipinski definition) is 2. The quantitative estimate of drug-likeness (QED) is 0.843. The maximum Gasteiger partial charge on any atom is 0.0575 e. The Morgan fingerprint density at radius 2 is 2.00 bits per heavy atom. The van der Waals surface area contributed by atoms with Gasteiger partial charge in [-0.25, -0.2) is 0 Å². The number of pyridine rings is 1. The van der Waals surface area contributed by atoms with Gasteiger partial charge in [0.2, 0.25) is 0 Å². The zero-order valence-corrected chi connectivity index (χ0v) is 10.3. The highest BCUT2D eigenvalue weighted by Gasteiger charge is 2.26. The molecular weight excluding hydrogens is 196 g/mol. The summed E-state index contributed by atoms with van der Waals surface area (Å²) in [5, 5.41) is 3.44. The van der Waals surface area contributed by atoms with Crippen molar-refractivity contribution in [2.75, 3.05) is 7.05 Å². The van der Waals surface area contributed by atoms with Crippen LogP contribution in [0.2, 0.25) is 0 Å². The summed E-state index contributed by atoms with van der Waals surface area (Å²) in [5.74, 6) is 1.67. The molecule has 2 rings (SSSR count). The molecule has 0 bridgehead atoms. The minimum atomic E-state index is 0.439. The van der Waals surface area contributed by atoms with E-state index in [1.807, 2.05) is 12.3 Å². The van der Waals surface area contributed by atoms with Gasteiger partial charge in [-0.2, -0.15) is 0 Å². The molecule has 1 aromatic heterocycles. The van der Waals surface area contributed by atoms with Crippen LogP contribution in [0.5, 0.6) is 0 Å². The monoisotopic (exact) mass is 218 g/mol. The van der Waals surface area contributed by atoms with Gasteiger partial charge in [-0.1, -0.05) is 25.8 Å². The molecule has 0 spiro atoms. The van der Waals surface area contributed by atoms with Gasteiger partial charge in [0.1, 0.15) is 0 Å². The molecule has 1 aliphatic rings. The predicted molar refractivity (Wildman–Crippen MR) is 67.2 cm³/mol. The van der Waals surface area contributed by atoms with Crippen molar-refractivity contribution in [3.63, 3.8) is 0 Å². The van der Waals surface area contributed by atoms with E-state index in [1.165, 1.54) is 31.4 Å². The van der Waals surface area contributed by atoms with Crippen LogP contribution in [0.15, 0.2) is 24.4 Å². The van der Waals surface area contributed by atoms with Crippen LogP contribution in [0.25, 0.3) is 0 Å². The molecule has 0 saturated heterocycles. The van der Waals surface area contributed by atoms with Crippen LogP contribution in [0.1, 0.15) is 44.3 Å². The smallest absolute Gasteiger partial charge is 0.0575 e. The van der Waals surface area contributed by atoms with Gasteiger partial charge in [0.15, 0.2) is 0 Å². The van der Waals surface area contributed by atoms with E-state index in [-0.39, 0.29) is 0 Å². The van der Waals surface area contributed by atoms with Crippen molar-refractivity contribution in [3.05, 3.63) is 30.1 Å². The molecule has 16 heavy (non-hydrogen) atoms. The average molecular weight is 218 g/mol. The Balaban J connectivity index is 2.05. The third-order valence-corrected chi connectivity index (χ3v) is 3.85. The van der Waals surface area contributed by atoms with E-state index in [4.69, 9.17) is 0 Å². The van der Waals surface area contributed by atoms with Crippen molar-refractivity contribution >= 4 is 0 Å². The van der Waals surface area contributed by atoms with E-state index < -0.39 is 0 Å². The van der Waals surface area contributed by atoms with E-state index >= 15 is 0 Å². The minimum absolute atomic E-state index is 0.439. The van der Waals surface area contributed by atoms with Gasteiger partial charge < -0.3 is 5.32 Å². The highest BCUT2D eigenvalue weighted by atomic mass is 14.9. The van der Waals surface area contributed by atoms with Crippen molar-refractivity contribution in [1.82, 2.24) is 10.3 Å². The van der Waals surface area contributed by atoms with Gasteiger partial charge in [0, 0.05) is 6.20 Å². The molecule has 2 nitrogen and oxygen atoms in total. The minimum Gasteiger partial charge on any atom is -0.311 e. The molecule has 0 aliphatic heterocycles. The van der Waals surface area contributed by atoms with E-state index in [1.54, 1.807) is 0 Å². The van der Waals surface area contributed by atoms with Crippen molar-refractivity contribution in [3.8, 4) is 0 Å². The second kappa shape index (κ2) is 5.44. The fraction of sp³-hybridized carbons (Fsp3) is 0.643. The average Bonchev–Trinajstić information content (AvgIpc) is 2.34. The maximum atomic E-state index is 4.48. The standard InChI is InChI=1S/C14H22N2/c1-11-6-8-12(9-7-11)14(15-2)13-5-3-4-10-16-13/h3-5,10-12,14-15H,6-9H2,1-2H3. The van der Waals surface area contributed by atoms with Gasteiger partial charge in [0.05, 0.1) is 11.7 Å². The second-order valence-corrected chi connectivity index (χ2v) is 5.04. The molecule has 0 aromatic carbocycles. The summed E-state index contributed by atoms with van der Waals surface area (Å²) in [6.45, 7) is 2.37. The van der Waals surface area contributed by atoms with Crippen LogP contribution in [-0.2, 0) is 0 Å². The van der Waals surface area contributed by atoms with E-state index in [0.717, 1.165) is 11.8 Å². The van der Waals surface area contributed by atoms with Crippen LogP contribution < -0.4 is 5.32 Å². The highest BCUT2D eigenvalue weighted by Crippen LogP contribution is 2.35. The summed E-state index contributed by atoms with van der Waals surface area (Å²) in [5.41, 5.74) is 1.20. The molecule has 1 N–H and O–H groups in total. The lowest BCUT2D eigenvalue weighted by Gasteiger charge is -2.32. The van der Waals surface area contributed by atoms with Crippen LogP contribution in [-0.4, -0.2) is 12.0 Å². The fourth-order valence-electron chi connectivity index (χ4n) is 2.80. The number of aromatic nitrogens is 1. The van der Waals surface area contributed by atoms with Gasteiger partial charge in [-0.15, -0.1) is 0 Å². The third-order valence-electron chi connectivity index (χ3n) is 3.85. The summed E-state index contributed by atoms with van der Waals surface area (Å²) >= 11 is 0. The topological polar surface area (TPSA) is 24.9 Å². The largest absolute Gasteiger partial charge is 0.311 e. The van der Waals surface area contributed by atoms with Gasteiger partial charge in [0.25, 0.3) is 0 Å².